The normalized spacial score (nSPS) is 13.9. The first-order valence-electron chi connectivity index (χ1n) is 2.44. The summed E-state index contributed by atoms with van der Waals surface area (Å²) in [6.45, 7) is 1.70. The van der Waals surface area contributed by atoms with Crippen molar-refractivity contribution in [1.82, 2.24) is 0 Å². The average molecular weight is 169 g/mol. The lowest BCUT2D eigenvalue weighted by molar-refractivity contribution is 0.604. The molecule has 0 aliphatic rings. The van der Waals surface area contributed by atoms with Crippen molar-refractivity contribution in [3.8, 4) is 0 Å². The van der Waals surface area contributed by atoms with E-state index in [1.807, 2.05) is 0 Å². The number of halogens is 1. The van der Waals surface area contributed by atoms with Crippen molar-refractivity contribution in [3.63, 3.8) is 0 Å². The Bertz CT molecular complexity index is 203. The maximum absolute atomic E-state index is 10.5. The molecule has 0 spiro atoms. The van der Waals surface area contributed by atoms with E-state index in [0.29, 0.717) is 5.03 Å². The molecule has 0 atom stereocenters. The molecule has 0 amide bonds. The molecule has 2 nitrogen and oxygen atoms in total. The molecule has 54 valence electrons. The maximum Gasteiger partial charge on any atom is 0.152 e. The van der Waals surface area contributed by atoms with Crippen LogP contribution < -0.4 is 0 Å². The molecule has 0 saturated carbocycles. The fourth-order valence-corrected chi connectivity index (χ4v) is 1.60. The second-order valence-corrected chi connectivity index (χ2v) is 4.43. The van der Waals surface area contributed by atoms with E-state index in [-0.39, 0.29) is 5.75 Å². The zero-order chi connectivity index (χ0) is 7.49. The van der Waals surface area contributed by atoms with Crippen molar-refractivity contribution >= 4 is 21.4 Å². The molecule has 0 aromatic heterocycles. The summed E-state index contributed by atoms with van der Waals surface area (Å²) in [4.78, 5) is 0. The van der Waals surface area contributed by atoms with Crippen molar-refractivity contribution < 1.29 is 8.42 Å². The van der Waals surface area contributed by atoms with Gasteiger partial charge in [0.15, 0.2) is 9.84 Å². The molecule has 0 aliphatic carbocycles. The second kappa shape index (κ2) is 3.22. The van der Waals surface area contributed by atoms with E-state index in [4.69, 9.17) is 11.6 Å². The Morgan fingerprint density at radius 1 is 1.67 bits per heavy atom. The van der Waals surface area contributed by atoms with Gasteiger partial charge in [-0.15, -0.1) is 0 Å². The van der Waals surface area contributed by atoms with Gasteiger partial charge < -0.3 is 0 Å². The summed E-state index contributed by atoms with van der Waals surface area (Å²) >= 11 is 5.43. The first-order chi connectivity index (χ1) is 3.95. The highest BCUT2D eigenvalue weighted by atomic mass is 35.5. The van der Waals surface area contributed by atoms with Crippen LogP contribution in [0.4, 0.5) is 0 Å². The van der Waals surface area contributed by atoms with Crippen molar-refractivity contribution in [3.05, 3.63) is 11.1 Å². The minimum absolute atomic E-state index is 0.0505. The number of rotatable bonds is 2. The van der Waals surface area contributed by atoms with Gasteiger partial charge in [-0.25, -0.2) is 8.42 Å². The third-order valence-electron chi connectivity index (χ3n) is 0.713. The second-order valence-electron chi connectivity index (χ2n) is 1.81. The molecular weight excluding hydrogens is 160 g/mol. The number of hydrogen-bond acceptors (Lipinski definition) is 2. The van der Waals surface area contributed by atoms with Crippen LogP contribution in [0.5, 0.6) is 0 Å². The predicted octanol–water partition coefficient (Wildman–Crippen LogP) is 1.17. The Kier molecular flexibility index (Phi) is 3.22. The Balaban J connectivity index is 4.07. The zero-order valence-corrected chi connectivity index (χ0v) is 6.96. The van der Waals surface area contributed by atoms with Gasteiger partial charge >= 0.3 is 0 Å². The molecule has 4 heteroatoms. The van der Waals surface area contributed by atoms with Gasteiger partial charge in [-0.3, -0.25) is 0 Å². The van der Waals surface area contributed by atoms with E-state index in [1.165, 1.54) is 0 Å². The first kappa shape index (κ1) is 8.98. The van der Waals surface area contributed by atoms with E-state index in [9.17, 15) is 8.42 Å². The van der Waals surface area contributed by atoms with Gasteiger partial charge in [0.05, 0.1) is 5.75 Å². The molecule has 0 rings (SSSR count). The fraction of sp³-hybridized carbons (Fsp3) is 0.600. The van der Waals surface area contributed by atoms with Crippen LogP contribution in [0.2, 0.25) is 0 Å². The van der Waals surface area contributed by atoms with Crippen LogP contribution in [0.1, 0.15) is 6.92 Å². The quantitative estimate of drug-likeness (QED) is 0.621. The zero-order valence-electron chi connectivity index (χ0n) is 5.39. The van der Waals surface area contributed by atoms with Crippen LogP contribution >= 0.6 is 11.6 Å². The number of allylic oxidation sites excluding steroid dienone is 1. The molecule has 0 fully saturated rings. The summed E-state index contributed by atoms with van der Waals surface area (Å²) in [7, 11) is -2.94. The Hall–Kier alpha value is -0.0200. The molecule has 0 bridgehead atoms. The van der Waals surface area contributed by atoms with Gasteiger partial charge in [-0.1, -0.05) is 17.7 Å². The van der Waals surface area contributed by atoms with Gasteiger partial charge in [0.25, 0.3) is 0 Å². The highest BCUT2D eigenvalue weighted by Gasteiger charge is 2.02. The third-order valence-corrected chi connectivity index (χ3v) is 2.06. The number of sulfone groups is 1. The first-order valence-corrected chi connectivity index (χ1v) is 4.88. The lowest BCUT2D eigenvalue weighted by Crippen LogP contribution is -2.02. The summed E-state index contributed by atoms with van der Waals surface area (Å²) < 4.78 is 21.0. The summed E-state index contributed by atoms with van der Waals surface area (Å²) in [6.07, 6.45) is 2.72. The van der Waals surface area contributed by atoms with Crippen LogP contribution in [0, 0.1) is 0 Å². The van der Waals surface area contributed by atoms with Gasteiger partial charge in [-0.2, -0.15) is 0 Å². The molecule has 0 saturated heterocycles. The van der Waals surface area contributed by atoms with Crippen LogP contribution in [0.25, 0.3) is 0 Å². The molecule has 0 radical (unpaired) electrons. The monoisotopic (exact) mass is 168 g/mol. The largest absolute Gasteiger partial charge is 0.229 e. The molecule has 0 aromatic rings. The van der Waals surface area contributed by atoms with E-state index in [2.05, 4.69) is 0 Å². The van der Waals surface area contributed by atoms with Crippen molar-refractivity contribution in [1.29, 1.82) is 0 Å². The SMILES string of the molecule is C/C=C(/Cl)CS(C)(=O)=O. The van der Waals surface area contributed by atoms with Gasteiger partial charge in [0.2, 0.25) is 0 Å². The molecular formula is C5H9ClO2S. The lowest BCUT2D eigenvalue weighted by Gasteiger charge is -1.92. The highest BCUT2D eigenvalue weighted by molar-refractivity contribution is 7.90. The predicted molar refractivity (Wildman–Crippen MR) is 39.3 cm³/mol. The van der Waals surface area contributed by atoms with Crippen molar-refractivity contribution in [2.75, 3.05) is 12.0 Å². The molecule has 0 aromatic carbocycles. The topological polar surface area (TPSA) is 34.1 Å². The number of hydrogen-bond donors (Lipinski definition) is 0. The minimum atomic E-state index is -2.94. The molecule has 9 heavy (non-hydrogen) atoms. The smallest absolute Gasteiger partial charge is 0.152 e. The molecule has 0 aliphatic heterocycles. The summed E-state index contributed by atoms with van der Waals surface area (Å²) in [5.41, 5.74) is 0. The Morgan fingerprint density at radius 2 is 2.11 bits per heavy atom. The molecule has 0 heterocycles. The average Bonchev–Trinajstić information content (AvgIpc) is 1.62. The summed E-state index contributed by atoms with van der Waals surface area (Å²) in [5.74, 6) is -0.0505. The Morgan fingerprint density at radius 3 is 2.22 bits per heavy atom. The molecule has 0 N–H and O–H groups in total. The summed E-state index contributed by atoms with van der Waals surface area (Å²) in [5, 5.41) is 0.373. The maximum atomic E-state index is 10.5. The molecule has 0 unspecified atom stereocenters. The highest BCUT2D eigenvalue weighted by Crippen LogP contribution is 2.02. The standard InChI is InChI=1S/C5H9ClO2S/c1-3-5(6)4-9(2,7)8/h3H,4H2,1-2H3/b5-3+. The summed E-state index contributed by atoms with van der Waals surface area (Å²) in [6, 6.07) is 0. The van der Waals surface area contributed by atoms with Gasteiger partial charge in [0.1, 0.15) is 0 Å². The van der Waals surface area contributed by atoms with Gasteiger partial charge in [0, 0.05) is 11.3 Å². The van der Waals surface area contributed by atoms with Crippen LogP contribution in [-0.4, -0.2) is 20.4 Å². The fourth-order valence-electron chi connectivity index (χ4n) is 0.334. The van der Waals surface area contributed by atoms with Gasteiger partial charge in [-0.05, 0) is 6.92 Å². The van der Waals surface area contributed by atoms with Crippen molar-refractivity contribution in [2.24, 2.45) is 0 Å². The van der Waals surface area contributed by atoms with Crippen LogP contribution in [0.3, 0.4) is 0 Å². The van der Waals surface area contributed by atoms with E-state index < -0.39 is 9.84 Å². The van der Waals surface area contributed by atoms with Crippen molar-refractivity contribution in [2.45, 2.75) is 6.92 Å². The van der Waals surface area contributed by atoms with Crippen LogP contribution in [-0.2, 0) is 9.84 Å². The van der Waals surface area contributed by atoms with E-state index in [0.717, 1.165) is 6.26 Å². The van der Waals surface area contributed by atoms with E-state index in [1.54, 1.807) is 13.0 Å². The Labute approximate surface area is 60.4 Å². The minimum Gasteiger partial charge on any atom is -0.229 e. The van der Waals surface area contributed by atoms with Crippen LogP contribution in [0.15, 0.2) is 11.1 Å². The third kappa shape index (κ3) is 5.86. The van der Waals surface area contributed by atoms with E-state index >= 15 is 0 Å². The lowest BCUT2D eigenvalue weighted by atomic mass is 10.6.